The molecule has 0 bridgehead atoms. The standard InChI is InChI=1S/C13H14Cl2O3/c1-3-9(13(17)18-2)12(16)7-8-4-5-10(14)11(15)6-8/h4-6,9H,3,7H2,1-2H3. The Morgan fingerprint density at radius 3 is 2.44 bits per heavy atom. The maximum absolute atomic E-state index is 12.0. The van der Waals surface area contributed by atoms with Gasteiger partial charge in [-0.3, -0.25) is 9.59 Å². The monoisotopic (exact) mass is 288 g/mol. The molecule has 1 atom stereocenters. The zero-order chi connectivity index (χ0) is 13.7. The van der Waals surface area contributed by atoms with Crippen molar-refractivity contribution in [3.63, 3.8) is 0 Å². The molecule has 98 valence electrons. The van der Waals surface area contributed by atoms with Crippen LogP contribution in [-0.4, -0.2) is 18.9 Å². The second-order valence-corrected chi connectivity index (χ2v) is 4.69. The number of carbonyl (C=O) groups is 2. The number of hydrogen-bond acceptors (Lipinski definition) is 3. The van der Waals surface area contributed by atoms with Crippen molar-refractivity contribution < 1.29 is 14.3 Å². The number of carbonyl (C=O) groups excluding carboxylic acids is 2. The number of ketones is 1. The SMILES string of the molecule is CCC(C(=O)Cc1ccc(Cl)c(Cl)c1)C(=O)OC. The molecular formula is C13H14Cl2O3. The quantitative estimate of drug-likeness (QED) is 0.617. The average Bonchev–Trinajstić information content (AvgIpc) is 2.34. The van der Waals surface area contributed by atoms with Crippen molar-refractivity contribution in [2.75, 3.05) is 7.11 Å². The van der Waals surface area contributed by atoms with Crippen molar-refractivity contribution in [1.29, 1.82) is 0 Å². The Bertz CT molecular complexity index is 458. The number of rotatable bonds is 5. The third-order valence-corrected chi connectivity index (χ3v) is 3.38. The van der Waals surface area contributed by atoms with E-state index >= 15 is 0 Å². The van der Waals surface area contributed by atoms with Gasteiger partial charge in [0.1, 0.15) is 5.92 Å². The molecule has 0 saturated carbocycles. The fraction of sp³-hybridized carbons (Fsp3) is 0.385. The first-order valence-electron chi connectivity index (χ1n) is 5.54. The Morgan fingerprint density at radius 2 is 1.94 bits per heavy atom. The van der Waals surface area contributed by atoms with Crippen LogP contribution in [0.2, 0.25) is 10.0 Å². The maximum Gasteiger partial charge on any atom is 0.316 e. The lowest BCUT2D eigenvalue weighted by atomic mass is 9.96. The van der Waals surface area contributed by atoms with E-state index in [0.29, 0.717) is 16.5 Å². The fourth-order valence-corrected chi connectivity index (χ4v) is 1.96. The summed E-state index contributed by atoms with van der Waals surface area (Å²) in [5.41, 5.74) is 0.733. The predicted octanol–water partition coefficient (Wildman–Crippen LogP) is 3.30. The van der Waals surface area contributed by atoms with Crippen LogP contribution in [0.5, 0.6) is 0 Å². The molecule has 0 radical (unpaired) electrons. The zero-order valence-electron chi connectivity index (χ0n) is 10.2. The van der Waals surface area contributed by atoms with E-state index in [4.69, 9.17) is 23.2 Å². The van der Waals surface area contributed by atoms with Crippen molar-refractivity contribution in [3.8, 4) is 0 Å². The molecule has 0 aliphatic heterocycles. The normalized spacial score (nSPS) is 12.0. The van der Waals surface area contributed by atoms with Crippen molar-refractivity contribution in [3.05, 3.63) is 33.8 Å². The molecule has 1 unspecified atom stereocenters. The van der Waals surface area contributed by atoms with Crippen molar-refractivity contribution in [2.24, 2.45) is 5.92 Å². The summed E-state index contributed by atoms with van der Waals surface area (Å²) < 4.78 is 4.60. The summed E-state index contributed by atoms with van der Waals surface area (Å²) in [5, 5.41) is 0.834. The molecule has 5 heteroatoms. The molecular weight excluding hydrogens is 275 g/mol. The Morgan fingerprint density at radius 1 is 1.28 bits per heavy atom. The third-order valence-electron chi connectivity index (χ3n) is 2.64. The molecule has 1 aromatic rings. The molecule has 0 aliphatic carbocycles. The molecule has 0 saturated heterocycles. The minimum Gasteiger partial charge on any atom is -0.468 e. The lowest BCUT2D eigenvalue weighted by Crippen LogP contribution is -2.26. The molecule has 1 aromatic carbocycles. The van der Waals surface area contributed by atoms with E-state index in [9.17, 15) is 9.59 Å². The van der Waals surface area contributed by atoms with Crippen LogP contribution in [0.3, 0.4) is 0 Å². The van der Waals surface area contributed by atoms with Gasteiger partial charge in [0.2, 0.25) is 0 Å². The highest BCUT2D eigenvalue weighted by atomic mass is 35.5. The number of halogens is 2. The van der Waals surface area contributed by atoms with Crippen molar-refractivity contribution in [1.82, 2.24) is 0 Å². The largest absolute Gasteiger partial charge is 0.468 e. The number of benzene rings is 1. The summed E-state index contributed by atoms with van der Waals surface area (Å²) >= 11 is 11.7. The lowest BCUT2D eigenvalue weighted by Gasteiger charge is -2.11. The smallest absolute Gasteiger partial charge is 0.316 e. The van der Waals surface area contributed by atoms with Gasteiger partial charge in [-0.25, -0.2) is 0 Å². The molecule has 1 rings (SSSR count). The van der Waals surface area contributed by atoms with Gasteiger partial charge < -0.3 is 4.74 Å². The molecule has 0 fully saturated rings. The Labute approximate surface area is 116 Å². The fourth-order valence-electron chi connectivity index (χ4n) is 1.64. The molecule has 0 spiro atoms. The van der Waals surface area contributed by atoms with E-state index in [1.54, 1.807) is 25.1 Å². The lowest BCUT2D eigenvalue weighted by molar-refractivity contribution is -0.149. The summed E-state index contributed by atoms with van der Waals surface area (Å²) in [4.78, 5) is 23.4. The van der Waals surface area contributed by atoms with E-state index < -0.39 is 11.9 Å². The van der Waals surface area contributed by atoms with Gasteiger partial charge in [0.25, 0.3) is 0 Å². The molecule has 0 heterocycles. The maximum atomic E-state index is 12.0. The molecule has 18 heavy (non-hydrogen) atoms. The van der Waals surface area contributed by atoms with E-state index in [0.717, 1.165) is 5.56 Å². The van der Waals surface area contributed by atoms with Gasteiger partial charge in [0, 0.05) is 6.42 Å². The molecule has 0 aromatic heterocycles. The van der Waals surface area contributed by atoms with Crippen LogP contribution in [0.15, 0.2) is 18.2 Å². The Kier molecular flexibility index (Phi) is 5.63. The van der Waals surface area contributed by atoms with Crippen LogP contribution < -0.4 is 0 Å². The highest BCUT2D eigenvalue weighted by Crippen LogP contribution is 2.23. The second-order valence-electron chi connectivity index (χ2n) is 3.88. The second kappa shape index (κ2) is 6.76. The first kappa shape index (κ1) is 15.0. The summed E-state index contributed by atoms with van der Waals surface area (Å²) in [5.74, 6) is -1.39. The van der Waals surface area contributed by atoms with Crippen LogP contribution in [0, 0.1) is 5.92 Å². The van der Waals surface area contributed by atoms with Crippen molar-refractivity contribution >= 4 is 35.0 Å². The van der Waals surface area contributed by atoms with Gasteiger partial charge in [0.05, 0.1) is 17.2 Å². The van der Waals surface area contributed by atoms with Gasteiger partial charge in [0.15, 0.2) is 5.78 Å². The van der Waals surface area contributed by atoms with Crippen LogP contribution in [0.1, 0.15) is 18.9 Å². The minimum atomic E-state index is -0.718. The van der Waals surface area contributed by atoms with E-state index in [1.807, 2.05) is 0 Å². The van der Waals surface area contributed by atoms with E-state index in [2.05, 4.69) is 4.74 Å². The minimum absolute atomic E-state index is 0.143. The van der Waals surface area contributed by atoms with Gasteiger partial charge in [-0.15, -0.1) is 0 Å². The first-order chi connectivity index (χ1) is 8.49. The van der Waals surface area contributed by atoms with Crippen LogP contribution in [-0.2, 0) is 20.7 Å². The van der Waals surface area contributed by atoms with E-state index in [-0.39, 0.29) is 12.2 Å². The van der Waals surface area contributed by atoms with Crippen molar-refractivity contribution in [2.45, 2.75) is 19.8 Å². The number of hydrogen-bond donors (Lipinski definition) is 0. The van der Waals surface area contributed by atoms with Gasteiger partial charge >= 0.3 is 5.97 Å². The summed E-state index contributed by atoms with van der Waals surface area (Å²) in [6.45, 7) is 1.77. The van der Waals surface area contributed by atoms with Crippen LogP contribution in [0.4, 0.5) is 0 Å². The van der Waals surface area contributed by atoms with Gasteiger partial charge in [-0.05, 0) is 24.1 Å². The summed E-state index contributed by atoms with van der Waals surface area (Å²) in [7, 11) is 1.28. The molecule has 3 nitrogen and oxygen atoms in total. The number of ether oxygens (including phenoxy) is 1. The Hall–Kier alpha value is -1.06. The number of Topliss-reactive ketones (excluding diaryl/α,β-unsaturated/α-hetero) is 1. The van der Waals surface area contributed by atoms with Crippen LogP contribution in [0.25, 0.3) is 0 Å². The van der Waals surface area contributed by atoms with Gasteiger partial charge in [-0.1, -0.05) is 36.2 Å². The highest BCUT2D eigenvalue weighted by Gasteiger charge is 2.25. The topological polar surface area (TPSA) is 43.4 Å². The molecule has 0 aliphatic rings. The number of methoxy groups -OCH3 is 1. The highest BCUT2D eigenvalue weighted by molar-refractivity contribution is 6.42. The Balaban J connectivity index is 2.79. The first-order valence-corrected chi connectivity index (χ1v) is 6.29. The average molecular weight is 289 g/mol. The number of esters is 1. The van der Waals surface area contributed by atoms with Gasteiger partial charge in [-0.2, -0.15) is 0 Å². The molecule has 0 amide bonds. The summed E-state index contributed by atoms with van der Waals surface area (Å²) in [6, 6.07) is 4.98. The summed E-state index contributed by atoms with van der Waals surface area (Å²) in [6.07, 6.45) is 0.567. The third kappa shape index (κ3) is 3.72. The molecule has 0 N–H and O–H groups in total. The van der Waals surface area contributed by atoms with Crippen LogP contribution >= 0.6 is 23.2 Å². The predicted molar refractivity (Wildman–Crippen MR) is 71.0 cm³/mol. The van der Waals surface area contributed by atoms with E-state index in [1.165, 1.54) is 7.11 Å². The zero-order valence-corrected chi connectivity index (χ0v) is 11.7.